The summed E-state index contributed by atoms with van der Waals surface area (Å²) < 4.78 is 35.6. The number of ether oxygens (including phenoxy) is 1. The normalized spacial score (nSPS) is 14.5. The van der Waals surface area contributed by atoms with Crippen LogP contribution in [-0.2, 0) is 15.6 Å². The number of carbonyl (C=O) groups is 1. The van der Waals surface area contributed by atoms with Crippen LogP contribution in [0.4, 0.5) is 0 Å². The number of benzene rings is 2. The van der Waals surface area contributed by atoms with Crippen molar-refractivity contribution in [1.82, 2.24) is 4.90 Å². The zero-order valence-electron chi connectivity index (χ0n) is 15.0. The molecule has 1 fully saturated rings. The molecule has 0 radical (unpaired) electrons. The van der Waals surface area contributed by atoms with E-state index in [4.69, 9.17) is 9.15 Å². The Labute approximate surface area is 163 Å². The van der Waals surface area contributed by atoms with E-state index in [9.17, 15) is 13.2 Å². The van der Waals surface area contributed by atoms with Crippen molar-refractivity contribution in [3.8, 4) is 11.5 Å². The molecule has 0 bridgehead atoms. The van der Waals surface area contributed by atoms with Crippen LogP contribution in [0.2, 0.25) is 0 Å². The van der Waals surface area contributed by atoms with Crippen LogP contribution in [-0.4, -0.2) is 37.6 Å². The highest BCUT2D eigenvalue weighted by atomic mass is 32.2. The van der Waals surface area contributed by atoms with Crippen LogP contribution < -0.4 is 4.74 Å². The van der Waals surface area contributed by atoms with Crippen LogP contribution in [0.5, 0.6) is 11.5 Å². The molecule has 28 heavy (non-hydrogen) atoms. The van der Waals surface area contributed by atoms with Crippen molar-refractivity contribution in [3.05, 3.63) is 84.3 Å². The van der Waals surface area contributed by atoms with Crippen molar-refractivity contribution in [2.75, 3.05) is 13.1 Å². The number of hydrogen-bond donors (Lipinski definition) is 0. The molecule has 1 aliphatic rings. The maximum atomic E-state index is 12.6. The van der Waals surface area contributed by atoms with Crippen LogP contribution >= 0.6 is 0 Å². The third-order valence-corrected chi connectivity index (χ3v) is 6.65. The molecule has 3 aromatic rings. The van der Waals surface area contributed by atoms with Gasteiger partial charge in [0.15, 0.2) is 9.84 Å². The zero-order chi connectivity index (χ0) is 19.6. The summed E-state index contributed by atoms with van der Waals surface area (Å²) in [6.07, 6.45) is 1.45. The molecule has 1 saturated heterocycles. The minimum absolute atomic E-state index is 0.141. The molecule has 4 rings (SSSR count). The Bertz CT molecular complexity index is 1040. The second kappa shape index (κ2) is 7.52. The van der Waals surface area contributed by atoms with Crippen LogP contribution in [0.1, 0.15) is 16.1 Å². The maximum Gasteiger partial charge on any atom is 0.253 e. The Morgan fingerprint density at radius 2 is 1.64 bits per heavy atom. The van der Waals surface area contributed by atoms with E-state index < -0.39 is 15.1 Å². The molecule has 7 heteroatoms. The van der Waals surface area contributed by atoms with Crippen molar-refractivity contribution >= 4 is 15.7 Å². The molecule has 2 aromatic carbocycles. The molecule has 0 atom stereocenters. The number of rotatable bonds is 6. The van der Waals surface area contributed by atoms with Gasteiger partial charge in [-0.25, -0.2) is 8.42 Å². The molecule has 6 nitrogen and oxygen atoms in total. The number of sulfone groups is 1. The molecule has 1 amide bonds. The van der Waals surface area contributed by atoms with Gasteiger partial charge in [-0.2, -0.15) is 0 Å². The standard InChI is InChI=1S/C21H19NO5S/c23-21(16-8-10-18(11-9-16)27-17-5-2-1-3-6-17)22-13-20(14-22)28(24,25)15-19-7-4-12-26-19/h1-12,20H,13-15H2. The van der Waals surface area contributed by atoms with Crippen molar-refractivity contribution in [3.63, 3.8) is 0 Å². The lowest BCUT2D eigenvalue weighted by Gasteiger charge is -2.38. The van der Waals surface area contributed by atoms with Crippen molar-refractivity contribution < 1.29 is 22.4 Å². The fourth-order valence-electron chi connectivity index (χ4n) is 3.01. The minimum Gasteiger partial charge on any atom is -0.468 e. The maximum absolute atomic E-state index is 12.6. The highest BCUT2D eigenvalue weighted by molar-refractivity contribution is 7.91. The molecule has 0 spiro atoms. The molecule has 144 valence electrons. The lowest BCUT2D eigenvalue weighted by atomic mass is 10.1. The summed E-state index contributed by atoms with van der Waals surface area (Å²) in [5, 5.41) is -0.553. The SMILES string of the molecule is O=C(c1ccc(Oc2ccccc2)cc1)N1CC(S(=O)(=O)Cc2ccco2)C1. The first-order valence-corrected chi connectivity index (χ1v) is 10.6. The number of para-hydroxylation sites is 1. The molecule has 0 unspecified atom stereocenters. The first-order valence-electron chi connectivity index (χ1n) is 8.87. The summed E-state index contributed by atoms with van der Waals surface area (Å²) >= 11 is 0. The average molecular weight is 397 g/mol. The van der Waals surface area contributed by atoms with Crippen LogP contribution in [0.25, 0.3) is 0 Å². The lowest BCUT2D eigenvalue weighted by molar-refractivity contribution is 0.0659. The first kappa shape index (κ1) is 18.3. The first-order chi connectivity index (χ1) is 13.5. The monoisotopic (exact) mass is 397 g/mol. The van der Waals surface area contributed by atoms with E-state index in [0.29, 0.717) is 22.8 Å². The predicted molar refractivity (Wildman–Crippen MR) is 104 cm³/mol. The molecular weight excluding hydrogens is 378 g/mol. The third-order valence-electron chi connectivity index (χ3n) is 4.65. The molecule has 1 aromatic heterocycles. The van der Waals surface area contributed by atoms with E-state index in [1.165, 1.54) is 11.2 Å². The van der Waals surface area contributed by atoms with Gasteiger partial charge in [-0.15, -0.1) is 0 Å². The van der Waals surface area contributed by atoms with Crippen molar-refractivity contribution in [1.29, 1.82) is 0 Å². The van der Waals surface area contributed by atoms with Gasteiger partial charge in [-0.3, -0.25) is 4.79 Å². The Hall–Kier alpha value is -3.06. The molecule has 0 N–H and O–H groups in total. The van der Waals surface area contributed by atoms with Gasteiger partial charge in [-0.05, 0) is 48.5 Å². The Morgan fingerprint density at radius 3 is 2.29 bits per heavy atom. The summed E-state index contributed by atoms with van der Waals surface area (Å²) in [5.74, 6) is 1.44. The second-order valence-corrected chi connectivity index (χ2v) is 8.94. The van der Waals surface area contributed by atoms with Crippen molar-refractivity contribution in [2.45, 2.75) is 11.0 Å². The Morgan fingerprint density at radius 1 is 0.964 bits per heavy atom. The summed E-state index contributed by atoms with van der Waals surface area (Å²) in [5.41, 5.74) is 0.502. The fraction of sp³-hybridized carbons (Fsp3) is 0.190. The Balaban J connectivity index is 1.34. The van der Waals surface area contributed by atoms with E-state index in [1.54, 1.807) is 36.4 Å². The highest BCUT2D eigenvalue weighted by Gasteiger charge is 2.40. The van der Waals surface area contributed by atoms with E-state index in [2.05, 4.69) is 0 Å². The topological polar surface area (TPSA) is 76.8 Å². The lowest BCUT2D eigenvalue weighted by Crippen LogP contribution is -2.57. The number of amides is 1. The average Bonchev–Trinajstić information content (AvgIpc) is 3.14. The minimum atomic E-state index is -3.34. The molecule has 1 aliphatic heterocycles. The number of hydrogen-bond acceptors (Lipinski definition) is 5. The highest BCUT2D eigenvalue weighted by Crippen LogP contribution is 2.25. The summed E-state index contributed by atoms with van der Waals surface area (Å²) in [6, 6.07) is 19.5. The van der Waals surface area contributed by atoms with Gasteiger partial charge in [0.05, 0.1) is 11.5 Å². The van der Waals surface area contributed by atoms with Crippen molar-refractivity contribution in [2.24, 2.45) is 0 Å². The van der Waals surface area contributed by atoms with E-state index in [0.717, 1.165) is 0 Å². The summed E-state index contributed by atoms with van der Waals surface area (Å²) in [6.45, 7) is 0.397. The van der Waals surface area contributed by atoms with Gasteiger partial charge in [0.25, 0.3) is 5.91 Å². The van der Waals surface area contributed by atoms with Crippen LogP contribution in [0.3, 0.4) is 0 Å². The molecular formula is C21H19NO5S. The number of likely N-dealkylation sites (tertiary alicyclic amines) is 1. The van der Waals surface area contributed by atoms with Gasteiger partial charge in [0.1, 0.15) is 23.0 Å². The van der Waals surface area contributed by atoms with Gasteiger partial charge < -0.3 is 14.1 Å². The van der Waals surface area contributed by atoms with Crippen LogP contribution in [0, 0.1) is 0 Å². The van der Waals surface area contributed by atoms with Crippen LogP contribution in [0.15, 0.2) is 77.4 Å². The van der Waals surface area contributed by atoms with E-state index in [1.807, 2.05) is 30.3 Å². The molecule has 0 saturated carbocycles. The van der Waals surface area contributed by atoms with Gasteiger partial charge in [0.2, 0.25) is 0 Å². The number of furan rings is 1. The molecule has 2 heterocycles. The quantitative estimate of drug-likeness (QED) is 0.636. The number of carbonyl (C=O) groups excluding carboxylic acids is 1. The number of nitrogens with zero attached hydrogens (tertiary/aromatic N) is 1. The third kappa shape index (κ3) is 3.94. The van der Waals surface area contributed by atoms with E-state index >= 15 is 0 Å². The summed E-state index contributed by atoms with van der Waals surface area (Å²) in [7, 11) is -3.34. The van der Waals surface area contributed by atoms with E-state index in [-0.39, 0.29) is 24.7 Å². The summed E-state index contributed by atoms with van der Waals surface area (Å²) in [4.78, 5) is 14.1. The molecule has 0 aliphatic carbocycles. The second-order valence-electron chi connectivity index (χ2n) is 6.66. The fourth-order valence-corrected chi connectivity index (χ4v) is 4.63. The zero-order valence-corrected chi connectivity index (χ0v) is 15.8. The smallest absolute Gasteiger partial charge is 0.253 e. The van der Waals surface area contributed by atoms with Gasteiger partial charge in [0, 0.05) is 18.7 Å². The largest absolute Gasteiger partial charge is 0.468 e. The van der Waals surface area contributed by atoms with Gasteiger partial charge >= 0.3 is 0 Å². The predicted octanol–water partition coefficient (Wildman–Crippen LogP) is 3.51. The van der Waals surface area contributed by atoms with Gasteiger partial charge in [-0.1, -0.05) is 18.2 Å². The Kier molecular flexibility index (Phi) is 4.92.